The minimum atomic E-state index is -2.84. The van der Waals surface area contributed by atoms with Crippen molar-refractivity contribution < 1.29 is 9.46 Å². The monoisotopic (exact) mass is 388 g/mol. The molecule has 0 bridgehead atoms. The van der Waals surface area contributed by atoms with Crippen LogP contribution in [0.4, 0.5) is 0 Å². The molecule has 0 spiro atoms. The van der Waals surface area contributed by atoms with Gasteiger partial charge in [-0.05, 0) is 12.8 Å². The van der Waals surface area contributed by atoms with Crippen LogP contribution in [0.2, 0.25) is 0 Å². The summed E-state index contributed by atoms with van der Waals surface area (Å²) in [5.41, 5.74) is 0. The summed E-state index contributed by atoms with van der Waals surface area (Å²) in [6.45, 7) is 4.51. The molecular formula is C23H49O2P. The highest BCUT2D eigenvalue weighted by molar-refractivity contribution is 7.57. The normalized spacial score (nSPS) is 13.8. The van der Waals surface area contributed by atoms with E-state index < -0.39 is 7.37 Å². The summed E-state index contributed by atoms with van der Waals surface area (Å²) in [7, 11) is -2.84. The van der Waals surface area contributed by atoms with E-state index in [1.807, 2.05) is 0 Å². The molecule has 0 radical (unpaired) electrons. The van der Waals surface area contributed by atoms with Crippen molar-refractivity contribution in [2.75, 3.05) is 12.3 Å². The van der Waals surface area contributed by atoms with Crippen molar-refractivity contribution in [1.29, 1.82) is 0 Å². The van der Waals surface area contributed by atoms with Gasteiger partial charge in [-0.25, -0.2) is 0 Å². The van der Waals surface area contributed by atoms with E-state index in [1.54, 1.807) is 0 Å². The van der Waals surface area contributed by atoms with Crippen molar-refractivity contribution in [3.05, 3.63) is 0 Å². The topological polar surface area (TPSA) is 37.3 Å². The summed E-state index contributed by atoms with van der Waals surface area (Å²) in [6, 6.07) is 0. The summed E-state index contributed by atoms with van der Waals surface area (Å²) in [5.74, 6) is 0. The van der Waals surface area contributed by atoms with Gasteiger partial charge in [-0.1, -0.05) is 123 Å². The lowest BCUT2D eigenvalue weighted by atomic mass is 10.1. The maximum atomic E-state index is 12.2. The molecule has 0 saturated carbocycles. The van der Waals surface area contributed by atoms with Crippen LogP contribution in [0.5, 0.6) is 0 Å². The van der Waals surface area contributed by atoms with E-state index in [-0.39, 0.29) is 0 Å². The molecule has 0 aromatic heterocycles. The van der Waals surface area contributed by atoms with E-state index in [2.05, 4.69) is 13.8 Å². The van der Waals surface area contributed by atoms with Gasteiger partial charge in [0.05, 0.1) is 0 Å². The molecule has 26 heavy (non-hydrogen) atoms. The van der Waals surface area contributed by atoms with E-state index in [0.29, 0.717) is 12.3 Å². The fraction of sp³-hybridized carbons (Fsp3) is 1.00. The van der Waals surface area contributed by atoms with Gasteiger partial charge < -0.3 is 4.89 Å². The first-order chi connectivity index (χ1) is 12.6. The minimum Gasteiger partial charge on any atom is -0.344 e. The maximum absolute atomic E-state index is 12.2. The zero-order valence-electron chi connectivity index (χ0n) is 18.2. The first-order valence-corrected chi connectivity index (χ1v) is 14.0. The summed E-state index contributed by atoms with van der Waals surface area (Å²) < 4.78 is 12.2. The first kappa shape index (κ1) is 26.2. The summed E-state index contributed by atoms with van der Waals surface area (Å²) in [4.78, 5) is 10.1. The van der Waals surface area contributed by atoms with Crippen LogP contribution >= 0.6 is 7.37 Å². The molecule has 2 nitrogen and oxygen atoms in total. The number of unbranched alkanes of at least 4 members (excludes halogenated alkanes) is 17. The number of hydrogen-bond acceptors (Lipinski definition) is 1. The average molecular weight is 389 g/mol. The van der Waals surface area contributed by atoms with E-state index in [0.717, 1.165) is 25.7 Å². The van der Waals surface area contributed by atoms with Gasteiger partial charge in [0.25, 0.3) is 0 Å². The molecule has 0 saturated heterocycles. The second-order valence-electron chi connectivity index (χ2n) is 8.30. The van der Waals surface area contributed by atoms with E-state index in [9.17, 15) is 9.46 Å². The Morgan fingerprint density at radius 3 is 0.962 bits per heavy atom. The third-order valence-electron chi connectivity index (χ3n) is 5.47. The van der Waals surface area contributed by atoms with Crippen molar-refractivity contribution >= 4 is 7.37 Å². The maximum Gasteiger partial charge on any atom is 0.200 e. The van der Waals surface area contributed by atoms with Crippen molar-refractivity contribution in [3.8, 4) is 0 Å². The van der Waals surface area contributed by atoms with Gasteiger partial charge in [0.15, 0.2) is 0 Å². The molecule has 0 aliphatic rings. The van der Waals surface area contributed by atoms with E-state index >= 15 is 0 Å². The fourth-order valence-corrected chi connectivity index (χ4v) is 5.29. The lowest BCUT2D eigenvalue weighted by Gasteiger charge is -2.11. The lowest BCUT2D eigenvalue weighted by Crippen LogP contribution is -1.96. The predicted octanol–water partition coefficient (Wildman–Crippen LogP) is 8.71. The Labute approximate surface area is 165 Å². The molecule has 0 fully saturated rings. The molecule has 0 amide bonds. The van der Waals surface area contributed by atoms with Gasteiger partial charge in [0, 0.05) is 12.3 Å². The third kappa shape index (κ3) is 20.5. The number of rotatable bonds is 21. The van der Waals surface area contributed by atoms with E-state index in [1.165, 1.54) is 96.3 Å². The Morgan fingerprint density at radius 2 is 0.692 bits per heavy atom. The van der Waals surface area contributed by atoms with Crippen molar-refractivity contribution in [3.63, 3.8) is 0 Å². The van der Waals surface area contributed by atoms with Gasteiger partial charge in [-0.2, -0.15) is 0 Å². The van der Waals surface area contributed by atoms with Gasteiger partial charge in [0.1, 0.15) is 0 Å². The Morgan fingerprint density at radius 1 is 0.462 bits per heavy atom. The second kappa shape index (κ2) is 19.9. The molecular weight excluding hydrogens is 339 g/mol. The van der Waals surface area contributed by atoms with Gasteiger partial charge in [-0.3, -0.25) is 4.57 Å². The standard InChI is InChI=1S/C23H49O2P/c1-3-5-7-9-11-13-15-17-19-21-23-26(24,25)22-20-18-16-14-12-10-8-6-4-2/h3-23H2,1-2H3,(H,24,25). The molecule has 0 aromatic rings. The predicted molar refractivity (Wildman–Crippen MR) is 119 cm³/mol. The Bertz CT molecular complexity index is 317. The summed E-state index contributed by atoms with van der Waals surface area (Å²) >= 11 is 0. The highest BCUT2D eigenvalue weighted by atomic mass is 31.2. The SMILES string of the molecule is CCCCCCCCCCCCP(=O)(O)CCCCCCCCCCC. The highest BCUT2D eigenvalue weighted by Crippen LogP contribution is 2.42. The van der Waals surface area contributed by atoms with Crippen LogP contribution in [0.1, 0.15) is 136 Å². The molecule has 0 aliphatic carbocycles. The molecule has 1 N–H and O–H groups in total. The highest BCUT2D eigenvalue weighted by Gasteiger charge is 2.16. The zero-order chi connectivity index (χ0) is 19.3. The Kier molecular flexibility index (Phi) is 20.1. The second-order valence-corrected chi connectivity index (χ2v) is 10.9. The molecule has 0 aromatic carbocycles. The smallest absolute Gasteiger partial charge is 0.200 e. The molecule has 0 rings (SSSR count). The zero-order valence-corrected chi connectivity index (χ0v) is 19.0. The summed E-state index contributed by atoms with van der Waals surface area (Å²) in [6.07, 6.45) is 25.3. The molecule has 0 aliphatic heterocycles. The van der Waals surface area contributed by atoms with Crippen LogP contribution in [0.25, 0.3) is 0 Å². The van der Waals surface area contributed by atoms with Crippen LogP contribution in [0.3, 0.4) is 0 Å². The Balaban J connectivity index is 3.33. The average Bonchev–Trinajstić information content (AvgIpc) is 2.62. The third-order valence-corrected chi connectivity index (χ3v) is 7.50. The largest absolute Gasteiger partial charge is 0.344 e. The van der Waals surface area contributed by atoms with Gasteiger partial charge >= 0.3 is 0 Å². The lowest BCUT2D eigenvalue weighted by molar-refractivity contribution is 0.469. The van der Waals surface area contributed by atoms with Crippen molar-refractivity contribution in [2.45, 2.75) is 136 Å². The molecule has 1 unspecified atom stereocenters. The summed E-state index contributed by atoms with van der Waals surface area (Å²) in [5, 5.41) is 0. The molecule has 1 atom stereocenters. The molecule has 3 heteroatoms. The fourth-order valence-electron chi connectivity index (χ4n) is 3.63. The quantitative estimate of drug-likeness (QED) is 0.158. The Hall–Kier alpha value is 0.190. The van der Waals surface area contributed by atoms with Crippen LogP contribution in [-0.4, -0.2) is 17.2 Å². The first-order valence-electron chi connectivity index (χ1n) is 11.9. The van der Waals surface area contributed by atoms with Crippen LogP contribution in [-0.2, 0) is 4.57 Å². The van der Waals surface area contributed by atoms with Crippen LogP contribution in [0.15, 0.2) is 0 Å². The minimum absolute atomic E-state index is 0.556. The van der Waals surface area contributed by atoms with Crippen LogP contribution in [0, 0.1) is 0 Å². The van der Waals surface area contributed by atoms with Crippen molar-refractivity contribution in [1.82, 2.24) is 0 Å². The molecule has 0 heterocycles. The van der Waals surface area contributed by atoms with Gasteiger partial charge in [-0.15, -0.1) is 0 Å². The van der Waals surface area contributed by atoms with Gasteiger partial charge in [0.2, 0.25) is 7.37 Å². The van der Waals surface area contributed by atoms with E-state index in [4.69, 9.17) is 0 Å². The van der Waals surface area contributed by atoms with Crippen molar-refractivity contribution in [2.24, 2.45) is 0 Å². The molecule has 158 valence electrons. The number of hydrogen-bond donors (Lipinski definition) is 1. The van der Waals surface area contributed by atoms with Crippen LogP contribution < -0.4 is 0 Å².